The van der Waals surface area contributed by atoms with Crippen LogP contribution in [0.25, 0.3) is 11.1 Å². The highest BCUT2D eigenvalue weighted by molar-refractivity contribution is 5.95. The van der Waals surface area contributed by atoms with Crippen LogP contribution in [-0.4, -0.2) is 17.9 Å². The van der Waals surface area contributed by atoms with Crippen LogP contribution in [0.2, 0.25) is 0 Å². The number of nitrogens with one attached hydrogen (secondary N) is 1. The molecule has 0 aliphatic carbocycles. The third kappa shape index (κ3) is 2.08. The molecule has 1 radical (unpaired) electrons. The molecule has 0 unspecified atom stereocenters. The van der Waals surface area contributed by atoms with Crippen LogP contribution < -0.4 is 5.32 Å². The highest BCUT2D eigenvalue weighted by Crippen LogP contribution is 2.18. The average Bonchev–Trinajstić information content (AvgIpc) is 2.39. The minimum atomic E-state index is -0.109. The summed E-state index contributed by atoms with van der Waals surface area (Å²) in [5.74, 6) is -0.109. The molecule has 0 saturated carbocycles. The molecular weight excluding hydrogens is 200 g/mol. The monoisotopic (exact) mass is 211 g/mol. The lowest BCUT2D eigenvalue weighted by atomic mass is 10.0. The smallest absolute Gasteiger partial charge is 0.251 e. The van der Waals surface area contributed by atoms with Gasteiger partial charge in [-0.2, -0.15) is 0 Å². The number of aromatic nitrogens is 1. The van der Waals surface area contributed by atoms with Gasteiger partial charge < -0.3 is 5.32 Å². The molecule has 0 saturated heterocycles. The molecule has 1 amide bonds. The van der Waals surface area contributed by atoms with Gasteiger partial charge in [-0.3, -0.25) is 9.78 Å². The summed E-state index contributed by atoms with van der Waals surface area (Å²) in [6.07, 6.45) is 3.48. The van der Waals surface area contributed by atoms with Crippen molar-refractivity contribution in [2.45, 2.75) is 0 Å². The molecule has 0 spiro atoms. The Kier molecular flexibility index (Phi) is 2.96. The SMILES string of the molecule is CNC(=O)c1c[c]cc(-c2cccnc2)c1. The van der Waals surface area contributed by atoms with Crippen molar-refractivity contribution in [2.75, 3.05) is 7.05 Å². The van der Waals surface area contributed by atoms with E-state index in [1.807, 2.05) is 24.3 Å². The second-order valence-electron chi connectivity index (χ2n) is 3.33. The van der Waals surface area contributed by atoms with Gasteiger partial charge in [0.25, 0.3) is 5.91 Å². The van der Waals surface area contributed by atoms with Crippen molar-refractivity contribution in [1.82, 2.24) is 10.3 Å². The number of carbonyl (C=O) groups excluding carboxylic acids is 1. The molecule has 3 heteroatoms. The maximum atomic E-state index is 11.5. The third-order valence-corrected chi connectivity index (χ3v) is 2.27. The van der Waals surface area contributed by atoms with Crippen LogP contribution >= 0.6 is 0 Å². The molecule has 0 bridgehead atoms. The summed E-state index contributed by atoms with van der Waals surface area (Å²) in [4.78, 5) is 15.5. The van der Waals surface area contributed by atoms with Gasteiger partial charge in [0.2, 0.25) is 0 Å². The van der Waals surface area contributed by atoms with Crippen molar-refractivity contribution in [1.29, 1.82) is 0 Å². The lowest BCUT2D eigenvalue weighted by molar-refractivity contribution is 0.0963. The van der Waals surface area contributed by atoms with Crippen LogP contribution in [-0.2, 0) is 0 Å². The molecule has 3 nitrogen and oxygen atoms in total. The molecule has 2 rings (SSSR count). The Hall–Kier alpha value is -2.16. The van der Waals surface area contributed by atoms with Gasteiger partial charge in [0.15, 0.2) is 0 Å². The van der Waals surface area contributed by atoms with Crippen molar-refractivity contribution in [3.63, 3.8) is 0 Å². The van der Waals surface area contributed by atoms with Gasteiger partial charge in [-0.05, 0) is 35.9 Å². The number of carbonyl (C=O) groups is 1. The molecule has 0 fully saturated rings. The average molecular weight is 211 g/mol. The standard InChI is InChI=1S/C13H11N2O/c1-14-13(16)11-5-2-4-10(8-11)12-6-3-7-15-9-12/h3-9H,1H3,(H,14,16). The molecule has 1 aromatic carbocycles. The Balaban J connectivity index is 2.40. The first-order valence-corrected chi connectivity index (χ1v) is 4.95. The molecule has 16 heavy (non-hydrogen) atoms. The van der Waals surface area contributed by atoms with Crippen LogP contribution in [0, 0.1) is 6.07 Å². The van der Waals surface area contributed by atoms with E-state index < -0.39 is 0 Å². The van der Waals surface area contributed by atoms with Crippen LogP contribution in [0.3, 0.4) is 0 Å². The molecule has 0 aliphatic rings. The highest BCUT2D eigenvalue weighted by atomic mass is 16.1. The number of nitrogens with zero attached hydrogens (tertiary/aromatic N) is 1. The van der Waals surface area contributed by atoms with Crippen molar-refractivity contribution in [2.24, 2.45) is 0 Å². The van der Waals surface area contributed by atoms with Crippen molar-refractivity contribution in [3.05, 3.63) is 54.4 Å². The Labute approximate surface area is 94.1 Å². The predicted molar refractivity (Wildman–Crippen MR) is 61.9 cm³/mol. The van der Waals surface area contributed by atoms with Gasteiger partial charge in [0.1, 0.15) is 0 Å². The van der Waals surface area contributed by atoms with E-state index in [9.17, 15) is 4.79 Å². The molecular formula is C13H11N2O. The number of hydrogen-bond donors (Lipinski definition) is 1. The largest absolute Gasteiger partial charge is 0.355 e. The highest BCUT2D eigenvalue weighted by Gasteiger charge is 2.04. The van der Waals surface area contributed by atoms with Crippen LogP contribution in [0.1, 0.15) is 10.4 Å². The van der Waals surface area contributed by atoms with Crippen molar-refractivity contribution in [3.8, 4) is 11.1 Å². The van der Waals surface area contributed by atoms with Crippen LogP contribution in [0.4, 0.5) is 0 Å². The van der Waals surface area contributed by atoms with Gasteiger partial charge in [-0.25, -0.2) is 0 Å². The summed E-state index contributed by atoms with van der Waals surface area (Å²) >= 11 is 0. The van der Waals surface area contributed by atoms with E-state index in [0.29, 0.717) is 5.56 Å². The van der Waals surface area contributed by atoms with Gasteiger partial charge in [-0.15, -0.1) is 0 Å². The van der Waals surface area contributed by atoms with E-state index in [1.165, 1.54) is 0 Å². The molecule has 2 aromatic rings. The molecule has 1 N–H and O–H groups in total. The summed E-state index contributed by atoms with van der Waals surface area (Å²) in [7, 11) is 1.61. The fourth-order valence-electron chi connectivity index (χ4n) is 1.45. The number of pyridine rings is 1. The third-order valence-electron chi connectivity index (χ3n) is 2.27. The summed E-state index contributed by atoms with van der Waals surface area (Å²) in [6.45, 7) is 0. The predicted octanol–water partition coefficient (Wildman–Crippen LogP) is 1.91. The summed E-state index contributed by atoms with van der Waals surface area (Å²) in [5.41, 5.74) is 2.52. The minimum Gasteiger partial charge on any atom is -0.355 e. The Bertz CT molecular complexity index is 494. The second-order valence-corrected chi connectivity index (χ2v) is 3.33. The van der Waals surface area contributed by atoms with Crippen molar-refractivity contribution < 1.29 is 4.79 Å². The van der Waals surface area contributed by atoms with E-state index >= 15 is 0 Å². The maximum Gasteiger partial charge on any atom is 0.251 e. The van der Waals surface area contributed by atoms with Gasteiger partial charge in [0, 0.05) is 30.6 Å². The fourth-order valence-corrected chi connectivity index (χ4v) is 1.45. The zero-order valence-electron chi connectivity index (χ0n) is 8.90. The number of benzene rings is 1. The molecule has 0 atom stereocenters. The molecule has 79 valence electrons. The van der Waals surface area contributed by atoms with Gasteiger partial charge >= 0.3 is 0 Å². The Morgan fingerprint density at radius 1 is 1.38 bits per heavy atom. The lowest BCUT2D eigenvalue weighted by Gasteiger charge is -2.03. The fraction of sp³-hybridized carbons (Fsp3) is 0.0769. The van der Waals surface area contributed by atoms with E-state index in [-0.39, 0.29) is 5.91 Å². The van der Waals surface area contributed by atoms with Gasteiger partial charge in [0.05, 0.1) is 0 Å². The van der Waals surface area contributed by atoms with Crippen molar-refractivity contribution >= 4 is 5.91 Å². The van der Waals surface area contributed by atoms with E-state index in [1.54, 1.807) is 25.5 Å². The quantitative estimate of drug-likeness (QED) is 0.824. The minimum absolute atomic E-state index is 0.109. The number of amides is 1. The topological polar surface area (TPSA) is 42.0 Å². The maximum absolute atomic E-state index is 11.5. The Morgan fingerprint density at radius 2 is 2.25 bits per heavy atom. The first-order chi connectivity index (χ1) is 7.81. The molecule has 1 heterocycles. The zero-order chi connectivity index (χ0) is 11.4. The zero-order valence-corrected chi connectivity index (χ0v) is 8.90. The van der Waals surface area contributed by atoms with E-state index in [0.717, 1.165) is 11.1 Å². The van der Waals surface area contributed by atoms with E-state index in [2.05, 4.69) is 16.4 Å². The lowest BCUT2D eigenvalue weighted by Crippen LogP contribution is -2.17. The Morgan fingerprint density at radius 3 is 2.94 bits per heavy atom. The number of hydrogen-bond acceptors (Lipinski definition) is 2. The molecule has 0 aliphatic heterocycles. The van der Waals surface area contributed by atoms with E-state index in [4.69, 9.17) is 0 Å². The second kappa shape index (κ2) is 4.57. The first kappa shape index (κ1) is 10.4. The van der Waals surface area contributed by atoms with Crippen LogP contribution in [0.5, 0.6) is 0 Å². The normalized spacial score (nSPS) is 9.81. The molecule has 1 aromatic heterocycles. The summed E-state index contributed by atoms with van der Waals surface area (Å²) < 4.78 is 0. The summed E-state index contributed by atoms with van der Waals surface area (Å²) in [5, 5.41) is 2.59. The summed E-state index contributed by atoms with van der Waals surface area (Å²) in [6, 6.07) is 12.1. The van der Waals surface area contributed by atoms with Crippen LogP contribution in [0.15, 0.2) is 42.7 Å². The number of rotatable bonds is 2. The first-order valence-electron chi connectivity index (χ1n) is 4.95. The van der Waals surface area contributed by atoms with Gasteiger partial charge in [-0.1, -0.05) is 6.07 Å².